The lowest BCUT2D eigenvalue weighted by atomic mass is 10.1. The fraction of sp³-hybridized carbons (Fsp3) is 0.250. The van der Waals surface area contributed by atoms with Crippen LogP contribution in [0.2, 0.25) is 0 Å². The largest absolute Gasteiger partial charge is 0.460 e. The maximum Gasteiger partial charge on any atom is 0.375 e. The van der Waals surface area contributed by atoms with E-state index in [2.05, 4.69) is 31.2 Å². The topological polar surface area (TPSA) is 93.8 Å². The quantitative estimate of drug-likeness (QED) is 0.372. The highest BCUT2D eigenvalue weighted by atomic mass is 79.9. The van der Waals surface area contributed by atoms with E-state index in [1.54, 1.807) is 6.92 Å². The van der Waals surface area contributed by atoms with E-state index >= 15 is 0 Å². The summed E-state index contributed by atoms with van der Waals surface area (Å²) in [5, 5.41) is 3.47. The number of carbonyl (C=O) groups is 2. The van der Waals surface area contributed by atoms with Crippen LogP contribution >= 0.6 is 15.9 Å². The van der Waals surface area contributed by atoms with Crippen molar-refractivity contribution in [3.63, 3.8) is 0 Å². The Labute approximate surface area is 119 Å². The van der Waals surface area contributed by atoms with E-state index in [0.717, 1.165) is 10.0 Å². The standard InChI is InChI=1S/C12H14BrN3O3/c1-2-19-12(18)11(14)16-15-10(17)7-8-3-5-9(13)6-4-8/h3-6H,2,7H2,1H3,(H2,14,16)(H,15,17). The molecule has 0 spiro atoms. The number of hydrogen-bond acceptors (Lipinski definition) is 4. The van der Waals surface area contributed by atoms with Crippen molar-refractivity contribution >= 4 is 33.6 Å². The van der Waals surface area contributed by atoms with Crippen LogP contribution in [0.4, 0.5) is 0 Å². The SMILES string of the molecule is CCOC(=O)C(N)=NNC(=O)Cc1ccc(Br)cc1. The summed E-state index contributed by atoms with van der Waals surface area (Å²) < 4.78 is 5.55. The second-order valence-corrected chi connectivity index (χ2v) is 4.47. The number of nitrogens with two attached hydrogens (primary N) is 1. The Bertz CT molecular complexity index is 485. The van der Waals surface area contributed by atoms with E-state index in [1.165, 1.54) is 0 Å². The van der Waals surface area contributed by atoms with Gasteiger partial charge in [-0.25, -0.2) is 10.2 Å². The van der Waals surface area contributed by atoms with Crippen LogP contribution in [-0.4, -0.2) is 24.3 Å². The number of esters is 1. The molecule has 0 radical (unpaired) electrons. The molecule has 7 heteroatoms. The van der Waals surface area contributed by atoms with Gasteiger partial charge in [0.15, 0.2) is 0 Å². The number of hydrazone groups is 1. The molecule has 0 saturated carbocycles. The number of rotatable bonds is 4. The minimum atomic E-state index is -0.758. The number of ether oxygens (including phenoxy) is 1. The van der Waals surface area contributed by atoms with Gasteiger partial charge in [-0.2, -0.15) is 0 Å². The van der Waals surface area contributed by atoms with Crippen LogP contribution in [0.15, 0.2) is 33.8 Å². The second kappa shape index (κ2) is 7.52. The average molecular weight is 328 g/mol. The molecule has 0 bridgehead atoms. The lowest BCUT2D eigenvalue weighted by Gasteiger charge is -2.03. The summed E-state index contributed by atoms with van der Waals surface area (Å²) in [4.78, 5) is 22.7. The zero-order valence-electron chi connectivity index (χ0n) is 10.4. The van der Waals surface area contributed by atoms with Crippen molar-refractivity contribution in [1.29, 1.82) is 0 Å². The molecule has 0 fully saturated rings. The molecule has 3 N–H and O–H groups in total. The van der Waals surface area contributed by atoms with Crippen molar-refractivity contribution in [1.82, 2.24) is 5.43 Å². The van der Waals surface area contributed by atoms with Gasteiger partial charge in [-0.1, -0.05) is 28.1 Å². The molecule has 0 unspecified atom stereocenters. The van der Waals surface area contributed by atoms with Gasteiger partial charge in [-0.05, 0) is 24.6 Å². The molecular weight excluding hydrogens is 314 g/mol. The van der Waals surface area contributed by atoms with Gasteiger partial charge in [-0.3, -0.25) is 4.79 Å². The highest BCUT2D eigenvalue weighted by Gasteiger charge is 2.08. The van der Waals surface area contributed by atoms with Gasteiger partial charge in [0.1, 0.15) is 0 Å². The molecule has 0 heterocycles. The Morgan fingerprint density at radius 3 is 2.58 bits per heavy atom. The van der Waals surface area contributed by atoms with E-state index in [4.69, 9.17) is 5.73 Å². The van der Waals surface area contributed by atoms with E-state index in [0.29, 0.717) is 0 Å². The highest BCUT2D eigenvalue weighted by molar-refractivity contribution is 9.10. The molecule has 1 aromatic rings. The average Bonchev–Trinajstić information content (AvgIpc) is 2.39. The third-order valence-electron chi connectivity index (χ3n) is 2.06. The van der Waals surface area contributed by atoms with Crippen LogP contribution in [0.3, 0.4) is 0 Å². The van der Waals surface area contributed by atoms with Gasteiger partial charge in [0, 0.05) is 4.47 Å². The van der Waals surface area contributed by atoms with Crippen LogP contribution in [0.1, 0.15) is 12.5 Å². The van der Waals surface area contributed by atoms with E-state index in [1.807, 2.05) is 24.3 Å². The van der Waals surface area contributed by atoms with Crippen LogP contribution in [0.25, 0.3) is 0 Å². The summed E-state index contributed by atoms with van der Waals surface area (Å²) in [6.07, 6.45) is 0.146. The minimum Gasteiger partial charge on any atom is -0.460 e. The lowest BCUT2D eigenvalue weighted by Crippen LogP contribution is -2.31. The molecule has 0 aliphatic heterocycles. The number of benzene rings is 1. The highest BCUT2D eigenvalue weighted by Crippen LogP contribution is 2.10. The zero-order chi connectivity index (χ0) is 14.3. The van der Waals surface area contributed by atoms with Crippen molar-refractivity contribution in [3.8, 4) is 0 Å². The van der Waals surface area contributed by atoms with Crippen molar-refractivity contribution in [3.05, 3.63) is 34.3 Å². The Balaban J connectivity index is 2.49. The number of nitrogens with one attached hydrogen (secondary N) is 1. The summed E-state index contributed by atoms with van der Waals surface area (Å²) >= 11 is 3.30. The molecule has 0 atom stereocenters. The normalized spacial score (nSPS) is 10.9. The lowest BCUT2D eigenvalue weighted by molar-refractivity contribution is -0.135. The fourth-order valence-corrected chi connectivity index (χ4v) is 1.46. The summed E-state index contributed by atoms with van der Waals surface area (Å²) in [5.41, 5.74) is 8.34. The fourth-order valence-electron chi connectivity index (χ4n) is 1.20. The van der Waals surface area contributed by atoms with Gasteiger partial charge in [0.2, 0.25) is 11.7 Å². The van der Waals surface area contributed by atoms with Crippen molar-refractivity contribution in [2.45, 2.75) is 13.3 Å². The maximum absolute atomic E-state index is 11.5. The predicted octanol–water partition coefficient (Wildman–Crippen LogP) is 0.943. The minimum absolute atomic E-state index is 0.146. The van der Waals surface area contributed by atoms with Gasteiger partial charge in [-0.15, -0.1) is 5.10 Å². The molecule has 102 valence electrons. The van der Waals surface area contributed by atoms with E-state index in [-0.39, 0.29) is 24.8 Å². The first kappa shape index (κ1) is 15.2. The van der Waals surface area contributed by atoms with Gasteiger partial charge in [0.05, 0.1) is 13.0 Å². The first-order valence-corrected chi connectivity index (χ1v) is 6.35. The monoisotopic (exact) mass is 327 g/mol. The zero-order valence-corrected chi connectivity index (χ0v) is 11.9. The van der Waals surface area contributed by atoms with Gasteiger partial charge < -0.3 is 10.5 Å². The van der Waals surface area contributed by atoms with E-state index in [9.17, 15) is 9.59 Å². The van der Waals surface area contributed by atoms with Gasteiger partial charge in [0.25, 0.3) is 0 Å². The number of carbonyl (C=O) groups excluding carboxylic acids is 2. The summed E-state index contributed by atoms with van der Waals surface area (Å²) in [6.45, 7) is 1.85. The third kappa shape index (κ3) is 5.52. The summed E-state index contributed by atoms with van der Waals surface area (Å²) in [7, 11) is 0. The number of halogens is 1. The molecule has 6 nitrogen and oxygen atoms in total. The maximum atomic E-state index is 11.5. The summed E-state index contributed by atoms with van der Waals surface area (Å²) in [6, 6.07) is 7.28. The molecule has 0 aromatic heterocycles. The smallest absolute Gasteiger partial charge is 0.375 e. The van der Waals surface area contributed by atoms with Crippen molar-refractivity contribution < 1.29 is 14.3 Å². The van der Waals surface area contributed by atoms with Crippen LogP contribution < -0.4 is 11.2 Å². The predicted molar refractivity (Wildman–Crippen MR) is 74.2 cm³/mol. The number of nitrogens with zero attached hydrogens (tertiary/aromatic N) is 1. The summed E-state index contributed by atoms with van der Waals surface area (Å²) in [5.74, 6) is -1.51. The number of amides is 1. The molecule has 1 rings (SSSR count). The third-order valence-corrected chi connectivity index (χ3v) is 2.59. The molecule has 19 heavy (non-hydrogen) atoms. The van der Waals surface area contributed by atoms with Crippen LogP contribution in [0, 0.1) is 0 Å². The molecule has 1 aromatic carbocycles. The van der Waals surface area contributed by atoms with Crippen LogP contribution in [-0.2, 0) is 20.7 Å². The first-order valence-electron chi connectivity index (χ1n) is 5.56. The molecule has 0 saturated heterocycles. The Kier molecular flexibility index (Phi) is 6.01. The van der Waals surface area contributed by atoms with Crippen LogP contribution in [0.5, 0.6) is 0 Å². The Morgan fingerprint density at radius 2 is 2.00 bits per heavy atom. The molecular formula is C12H14BrN3O3. The molecule has 1 amide bonds. The molecule has 0 aliphatic rings. The second-order valence-electron chi connectivity index (χ2n) is 3.56. The number of hydrogen-bond donors (Lipinski definition) is 2. The Morgan fingerprint density at radius 1 is 1.37 bits per heavy atom. The van der Waals surface area contributed by atoms with Gasteiger partial charge >= 0.3 is 5.97 Å². The van der Waals surface area contributed by atoms with Crippen molar-refractivity contribution in [2.24, 2.45) is 10.8 Å². The van der Waals surface area contributed by atoms with Crippen molar-refractivity contribution in [2.75, 3.05) is 6.61 Å². The molecule has 0 aliphatic carbocycles. The van der Waals surface area contributed by atoms with E-state index < -0.39 is 5.97 Å². The Hall–Kier alpha value is -1.89. The number of amidine groups is 1. The first-order chi connectivity index (χ1) is 9.02.